The molecule has 1 unspecified atom stereocenters. The van der Waals surface area contributed by atoms with Crippen LogP contribution in [-0.2, 0) is 11.2 Å². The second kappa shape index (κ2) is 5.97. The number of thiophene rings is 1. The Morgan fingerprint density at radius 1 is 1.30 bits per heavy atom. The van der Waals surface area contributed by atoms with Gasteiger partial charge in [-0.3, -0.25) is 4.79 Å². The van der Waals surface area contributed by atoms with Gasteiger partial charge < -0.3 is 4.90 Å². The summed E-state index contributed by atoms with van der Waals surface area (Å²) >= 11 is 3.34. The van der Waals surface area contributed by atoms with Gasteiger partial charge in [-0.1, -0.05) is 18.2 Å². The van der Waals surface area contributed by atoms with Crippen LogP contribution in [0.15, 0.2) is 41.8 Å². The fraction of sp³-hybridized carbons (Fsp3) is 0.267. The summed E-state index contributed by atoms with van der Waals surface area (Å²) in [5.41, 5.74) is 0.994. The minimum atomic E-state index is -0.242. The molecule has 2 heterocycles. The SMILES string of the molecule is O=C(Cc1cccs1)N1CCSC1c1ccc(F)cc1. The van der Waals surface area contributed by atoms with E-state index in [1.807, 2.05) is 22.4 Å². The number of halogens is 1. The Labute approximate surface area is 125 Å². The van der Waals surface area contributed by atoms with Crippen molar-refractivity contribution >= 4 is 29.0 Å². The topological polar surface area (TPSA) is 20.3 Å². The lowest BCUT2D eigenvalue weighted by atomic mass is 10.2. The van der Waals surface area contributed by atoms with E-state index in [4.69, 9.17) is 0 Å². The van der Waals surface area contributed by atoms with Crippen molar-refractivity contribution in [2.24, 2.45) is 0 Å². The number of thioether (sulfide) groups is 1. The lowest BCUT2D eigenvalue weighted by Gasteiger charge is -2.24. The lowest BCUT2D eigenvalue weighted by molar-refractivity contribution is -0.130. The van der Waals surface area contributed by atoms with Gasteiger partial charge in [-0.05, 0) is 29.1 Å². The van der Waals surface area contributed by atoms with Gasteiger partial charge in [0.1, 0.15) is 11.2 Å². The highest BCUT2D eigenvalue weighted by molar-refractivity contribution is 7.99. The molecule has 1 aliphatic rings. The Morgan fingerprint density at radius 3 is 2.80 bits per heavy atom. The zero-order valence-corrected chi connectivity index (χ0v) is 12.4. The number of rotatable bonds is 3. The smallest absolute Gasteiger partial charge is 0.229 e. The number of carbonyl (C=O) groups excluding carboxylic acids is 1. The van der Waals surface area contributed by atoms with E-state index >= 15 is 0 Å². The van der Waals surface area contributed by atoms with Crippen LogP contribution in [0.5, 0.6) is 0 Å². The van der Waals surface area contributed by atoms with Crippen LogP contribution in [0.4, 0.5) is 4.39 Å². The molecule has 3 rings (SSSR count). The molecule has 1 aromatic heterocycles. The molecule has 1 aliphatic heterocycles. The standard InChI is InChI=1S/C15H14FNOS2/c16-12-5-3-11(4-6-12)15-17(7-9-20-15)14(18)10-13-2-1-8-19-13/h1-6,8,15H,7,9-10H2. The van der Waals surface area contributed by atoms with Gasteiger partial charge in [0.2, 0.25) is 5.91 Å². The van der Waals surface area contributed by atoms with Crippen molar-refractivity contribution in [3.05, 3.63) is 58.0 Å². The molecule has 1 aromatic carbocycles. The predicted molar refractivity (Wildman–Crippen MR) is 81.3 cm³/mol. The van der Waals surface area contributed by atoms with E-state index < -0.39 is 0 Å². The van der Waals surface area contributed by atoms with Gasteiger partial charge in [0.15, 0.2) is 0 Å². The molecule has 0 spiro atoms. The van der Waals surface area contributed by atoms with E-state index in [9.17, 15) is 9.18 Å². The zero-order chi connectivity index (χ0) is 13.9. The molecule has 104 valence electrons. The van der Waals surface area contributed by atoms with Crippen LogP contribution in [0.1, 0.15) is 15.8 Å². The number of hydrogen-bond donors (Lipinski definition) is 0. The van der Waals surface area contributed by atoms with Gasteiger partial charge in [-0.25, -0.2) is 4.39 Å². The summed E-state index contributed by atoms with van der Waals surface area (Å²) in [6.07, 6.45) is 0.454. The van der Waals surface area contributed by atoms with Gasteiger partial charge in [0.25, 0.3) is 0 Å². The van der Waals surface area contributed by atoms with E-state index in [0.717, 1.165) is 22.7 Å². The Kier molecular flexibility index (Phi) is 4.08. The average molecular weight is 307 g/mol. The van der Waals surface area contributed by atoms with Crippen LogP contribution in [0.2, 0.25) is 0 Å². The van der Waals surface area contributed by atoms with Crippen molar-refractivity contribution in [1.82, 2.24) is 4.90 Å². The molecule has 1 amide bonds. The van der Waals surface area contributed by atoms with Crippen LogP contribution in [0.25, 0.3) is 0 Å². The van der Waals surface area contributed by atoms with Gasteiger partial charge in [-0.15, -0.1) is 23.1 Å². The summed E-state index contributed by atoms with van der Waals surface area (Å²) in [6.45, 7) is 0.761. The third-order valence-electron chi connectivity index (χ3n) is 3.27. The average Bonchev–Trinajstić information content (AvgIpc) is 3.10. The van der Waals surface area contributed by atoms with Crippen molar-refractivity contribution in [3.8, 4) is 0 Å². The first-order valence-corrected chi connectivity index (χ1v) is 8.36. The fourth-order valence-electron chi connectivity index (χ4n) is 2.29. The molecule has 1 fully saturated rings. The maximum Gasteiger partial charge on any atom is 0.229 e. The fourth-order valence-corrected chi connectivity index (χ4v) is 4.27. The Bertz CT molecular complexity index is 582. The van der Waals surface area contributed by atoms with E-state index in [2.05, 4.69) is 0 Å². The molecule has 20 heavy (non-hydrogen) atoms. The minimum Gasteiger partial charge on any atom is -0.325 e. The summed E-state index contributed by atoms with van der Waals surface area (Å²) in [5.74, 6) is 0.832. The van der Waals surface area contributed by atoms with Crippen LogP contribution in [-0.4, -0.2) is 23.1 Å². The number of amides is 1. The van der Waals surface area contributed by atoms with E-state index in [-0.39, 0.29) is 17.1 Å². The molecular formula is C15H14FNOS2. The molecule has 0 bridgehead atoms. The Morgan fingerprint density at radius 2 is 2.10 bits per heavy atom. The van der Waals surface area contributed by atoms with Crippen molar-refractivity contribution in [3.63, 3.8) is 0 Å². The highest BCUT2D eigenvalue weighted by Crippen LogP contribution is 2.38. The Balaban J connectivity index is 1.75. The van der Waals surface area contributed by atoms with Crippen molar-refractivity contribution in [2.45, 2.75) is 11.8 Å². The van der Waals surface area contributed by atoms with Crippen LogP contribution < -0.4 is 0 Å². The first-order valence-electron chi connectivity index (χ1n) is 6.43. The van der Waals surface area contributed by atoms with Gasteiger partial charge >= 0.3 is 0 Å². The zero-order valence-electron chi connectivity index (χ0n) is 10.8. The quantitative estimate of drug-likeness (QED) is 0.861. The molecule has 0 radical (unpaired) electrons. The molecule has 1 atom stereocenters. The summed E-state index contributed by atoms with van der Waals surface area (Å²) < 4.78 is 13.0. The van der Waals surface area contributed by atoms with E-state index in [0.29, 0.717) is 6.42 Å². The van der Waals surface area contributed by atoms with Crippen LogP contribution in [0, 0.1) is 5.82 Å². The number of hydrogen-bond acceptors (Lipinski definition) is 3. The van der Waals surface area contributed by atoms with Crippen molar-refractivity contribution in [2.75, 3.05) is 12.3 Å². The minimum absolute atomic E-state index is 0.0167. The van der Waals surface area contributed by atoms with E-state index in [1.54, 1.807) is 35.2 Å². The third kappa shape index (κ3) is 2.88. The van der Waals surface area contributed by atoms with Crippen molar-refractivity contribution < 1.29 is 9.18 Å². The van der Waals surface area contributed by atoms with Crippen molar-refractivity contribution in [1.29, 1.82) is 0 Å². The highest BCUT2D eigenvalue weighted by atomic mass is 32.2. The van der Waals surface area contributed by atoms with Gasteiger partial charge in [-0.2, -0.15) is 0 Å². The normalized spacial score (nSPS) is 18.4. The number of carbonyl (C=O) groups is 1. The van der Waals surface area contributed by atoms with Gasteiger partial charge in [0.05, 0.1) is 6.42 Å². The Hall–Kier alpha value is -1.33. The predicted octanol–water partition coefficient (Wildman–Crippen LogP) is 3.70. The monoisotopic (exact) mass is 307 g/mol. The third-order valence-corrected chi connectivity index (χ3v) is 5.41. The largest absolute Gasteiger partial charge is 0.325 e. The molecule has 2 aromatic rings. The van der Waals surface area contributed by atoms with Gasteiger partial charge in [0, 0.05) is 17.2 Å². The molecule has 0 aliphatic carbocycles. The second-order valence-corrected chi connectivity index (χ2v) is 6.84. The molecule has 2 nitrogen and oxygen atoms in total. The van der Waals surface area contributed by atoms with E-state index in [1.165, 1.54) is 12.1 Å². The first kappa shape index (κ1) is 13.6. The number of benzene rings is 1. The summed E-state index contributed by atoms with van der Waals surface area (Å²) in [6, 6.07) is 10.4. The van der Waals surface area contributed by atoms with Crippen LogP contribution in [0.3, 0.4) is 0 Å². The second-order valence-electron chi connectivity index (χ2n) is 4.62. The molecular weight excluding hydrogens is 293 g/mol. The maximum atomic E-state index is 13.0. The summed E-state index contributed by atoms with van der Waals surface area (Å²) in [5, 5.41) is 2.00. The first-order chi connectivity index (χ1) is 9.74. The van der Waals surface area contributed by atoms with Crippen LogP contribution >= 0.6 is 23.1 Å². The molecule has 0 saturated carbocycles. The molecule has 1 saturated heterocycles. The molecule has 5 heteroatoms. The molecule has 0 N–H and O–H groups in total. The summed E-state index contributed by atoms with van der Waals surface area (Å²) in [7, 11) is 0. The maximum absolute atomic E-state index is 13.0. The lowest BCUT2D eigenvalue weighted by Crippen LogP contribution is -2.31. The number of nitrogens with zero attached hydrogens (tertiary/aromatic N) is 1. The summed E-state index contributed by atoms with van der Waals surface area (Å²) in [4.78, 5) is 15.4. The highest BCUT2D eigenvalue weighted by Gasteiger charge is 2.30.